The summed E-state index contributed by atoms with van der Waals surface area (Å²) < 4.78 is 0. The normalized spacial score (nSPS) is 33.6. The van der Waals surface area contributed by atoms with Crippen LogP contribution in [-0.2, 0) is 11.2 Å². The zero-order chi connectivity index (χ0) is 12.6. The molecule has 0 aromatic heterocycles. The van der Waals surface area contributed by atoms with Gasteiger partial charge in [0.05, 0.1) is 0 Å². The van der Waals surface area contributed by atoms with Crippen molar-refractivity contribution in [2.45, 2.75) is 38.0 Å². The van der Waals surface area contributed by atoms with Crippen LogP contribution in [0, 0.1) is 11.3 Å². The summed E-state index contributed by atoms with van der Waals surface area (Å²) in [6.07, 6.45) is 8.53. The first-order valence-electron chi connectivity index (χ1n) is 6.96. The molecular formula is C17H20O. The molecule has 0 amide bonds. The lowest BCUT2D eigenvalue weighted by atomic mass is 9.61. The Morgan fingerprint density at radius 3 is 3.00 bits per heavy atom. The van der Waals surface area contributed by atoms with Crippen molar-refractivity contribution in [3.05, 3.63) is 48.0 Å². The van der Waals surface area contributed by atoms with E-state index >= 15 is 0 Å². The number of hydrogen-bond acceptors (Lipinski definition) is 1. The lowest BCUT2D eigenvalue weighted by Crippen LogP contribution is -2.38. The molecule has 0 radical (unpaired) electrons. The standard InChI is InChI=1S/C17H20O/c1-2-9-17(12-18)10-5-8-15-14-7-4-3-6-13(14)11-16(15)17/h2-4,6-7,12,15-16H,1,5,8-11H2/t15-,16+,17+/m0/s1. The van der Waals surface area contributed by atoms with E-state index in [0.717, 1.165) is 19.3 Å². The second-order valence-electron chi connectivity index (χ2n) is 5.85. The summed E-state index contributed by atoms with van der Waals surface area (Å²) in [6, 6.07) is 8.74. The quantitative estimate of drug-likeness (QED) is 0.578. The number of hydrogen-bond donors (Lipinski definition) is 0. The Balaban J connectivity index is 2.00. The van der Waals surface area contributed by atoms with Gasteiger partial charge >= 0.3 is 0 Å². The minimum atomic E-state index is -0.149. The average Bonchev–Trinajstić information content (AvgIpc) is 2.79. The highest BCUT2D eigenvalue weighted by Gasteiger charge is 2.48. The predicted octanol–water partition coefficient (Wildman–Crippen LogP) is 3.89. The van der Waals surface area contributed by atoms with Gasteiger partial charge < -0.3 is 4.79 Å². The molecule has 0 unspecified atom stereocenters. The van der Waals surface area contributed by atoms with Crippen molar-refractivity contribution in [1.82, 2.24) is 0 Å². The van der Waals surface area contributed by atoms with Crippen molar-refractivity contribution in [3.63, 3.8) is 0 Å². The SMILES string of the molecule is C=CC[C@]1(C=O)CCC[C@H]2c3ccccc3C[C@H]21. The van der Waals surface area contributed by atoms with Crippen molar-refractivity contribution in [3.8, 4) is 0 Å². The molecule has 0 N–H and O–H groups in total. The Kier molecular flexibility index (Phi) is 2.85. The molecule has 2 aliphatic rings. The first-order chi connectivity index (χ1) is 8.80. The summed E-state index contributed by atoms with van der Waals surface area (Å²) in [4.78, 5) is 11.7. The predicted molar refractivity (Wildman–Crippen MR) is 73.5 cm³/mol. The number of allylic oxidation sites excluding steroid dienone is 1. The molecule has 3 atom stereocenters. The van der Waals surface area contributed by atoms with Crippen molar-refractivity contribution < 1.29 is 4.79 Å². The van der Waals surface area contributed by atoms with Crippen LogP contribution < -0.4 is 0 Å². The van der Waals surface area contributed by atoms with Crippen LogP contribution in [0.15, 0.2) is 36.9 Å². The highest BCUT2D eigenvalue weighted by Crippen LogP contribution is 2.55. The minimum absolute atomic E-state index is 0.149. The van der Waals surface area contributed by atoms with E-state index in [9.17, 15) is 4.79 Å². The molecule has 0 spiro atoms. The van der Waals surface area contributed by atoms with Crippen LogP contribution in [0.1, 0.15) is 42.7 Å². The first-order valence-corrected chi connectivity index (χ1v) is 6.96. The fourth-order valence-corrected chi connectivity index (χ4v) is 4.19. The molecular weight excluding hydrogens is 220 g/mol. The topological polar surface area (TPSA) is 17.1 Å². The maximum absolute atomic E-state index is 11.7. The fraction of sp³-hybridized carbons (Fsp3) is 0.471. The maximum atomic E-state index is 11.7. The zero-order valence-electron chi connectivity index (χ0n) is 10.8. The van der Waals surface area contributed by atoms with E-state index in [2.05, 4.69) is 30.8 Å². The van der Waals surface area contributed by atoms with E-state index in [1.54, 1.807) is 0 Å². The smallest absolute Gasteiger partial charge is 0.126 e. The van der Waals surface area contributed by atoms with E-state index in [1.807, 2.05) is 6.08 Å². The zero-order valence-corrected chi connectivity index (χ0v) is 10.8. The van der Waals surface area contributed by atoms with Crippen molar-refractivity contribution in [1.29, 1.82) is 0 Å². The largest absolute Gasteiger partial charge is 0.303 e. The first kappa shape index (κ1) is 11.7. The number of fused-ring (bicyclic) bond motifs is 3. The van der Waals surface area contributed by atoms with Crippen LogP contribution in [0.25, 0.3) is 0 Å². The molecule has 1 fully saturated rings. The van der Waals surface area contributed by atoms with Crippen LogP contribution in [0.3, 0.4) is 0 Å². The molecule has 0 saturated heterocycles. The van der Waals surface area contributed by atoms with Crippen LogP contribution in [0.4, 0.5) is 0 Å². The summed E-state index contributed by atoms with van der Waals surface area (Å²) in [6.45, 7) is 3.85. The summed E-state index contributed by atoms with van der Waals surface area (Å²) in [5.41, 5.74) is 2.81. The van der Waals surface area contributed by atoms with Crippen molar-refractivity contribution in [2.75, 3.05) is 0 Å². The molecule has 1 aromatic carbocycles. The van der Waals surface area contributed by atoms with E-state index < -0.39 is 0 Å². The van der Waals surface area contributed by atoms with Gasteiger partial charge in [0.2, 0.25) is 0 Å². The summed E-state index contributed by atoms with van der Waals surface area (Å²) in [5.74, 6) is 1.10. The summed E-state index contributed by atoms with van der Waals surface area (Å²) in [7, 11) is 0. The summed E-state index contributed by atoms with van der Waals surface area (Å²) in [5, 5.41) is 0. The molecule has 2 aliphatic carbocycles. The molecule has 18 heavy (non-hydrogen) atoms. The summed E-state index contributed by atoms with van der Waals surface area (Å²) >= 11 is 0. The van der Waals surface area contributed by atoms with E-state index in [-0.39, 0.29) is 5.41 Å². The molecule has 0 heterocycles. The Bertz CT molecular complexity index is 476. The van der Waals surface area contributed by atoms with Gasteiger partial charge in [0.1, 0.15) is 6.29 Å². The Morgan fingerprint density at radius 1 is 1.39 bits per heavy atom. The number of benzene rings is 1. The van der Waals surface area contributed by atoms with Crippen molar-refractivity contribution >= 4 is 6.29 Å². The van der Waals surface area contributed by atoms with E-state index in [4.69, 9.17) is 0 Å². The van der Waals surface area contributed by atoms with Crippen LogP contribution in [0.5, 0.6) is 0 Å². The Hall–Kier alpha value is -1.37. The molecule has 1 aromatic rings. The third-order valence-corrected chi connectivity index (χ3v) is 5.03. The molecule has 1 heteroatoms. The number of carbonyl (C=O) groups excluding carboxylic acids is 1. The fourth-order valence-electron chi connectivity index (χ4n) is 4.19. The molecule has 3 rings (SSSR count). The van der Waals surface area contributed by atoms with Gasteiger partial charge in [-0.1, -0.05) is 36.8 Å². The molecule has 1 nitrogen and oxygen atoms in total. The number of carbonyl (C=O) groups is 1. The third kappa shape index (κ3) is 1.57. The number of aldehydes is 1. The van der Waals surface area contributed by atoms with Crippen molar-refractivity contribution in [2.24, 2.45) is 11.3 Å². The molecule has 1 saturated carbocycles. The highest BCUT2D eigenvalue weighted by molar-refractivity contribution is 5.62. The monoisotopic (exact) mass is 240 g/mol. The van der Waals surface area contributed by atoms with Gasteiger partial charge in [0, 0.05) is 5.41 Å². The Morgan fingerprint density at radius 2 is 2.22 bits per heavy atom. The van der Waals surface area contributed by atoms with E-state index in [1.165, 1.54) is 30.3 Å². The van der Waals surface area contributed by atoms with Gasteiger partial charge in [0.25, 0.3) is 0 Å². The molecule has 0 bridgehead atoms. The maximum Gasteiger partial charge on any atom is 0.126 e. The van der Waals surface area contributed by atoms with E-state index in [0.29, 0.717) is 11.8 Å². The lowest BCUT2D eigenvalue weighted by Gasteiger charge is -2.41. The van der Waals surface area contributed by atoms with Crippen LogP contribution >= 0.6 is 0 Å². The van der Waals surface area contributed by atoms with Gasteiger partial charge in [-0.25, -0.2) is 0 Å². The van der Waals surface area contributed by atoms with Crippen LogP contribution in [-0.4, -0.2) is 6.29 Å². The van der Waals surface area contributed by atoms with Gasteiger partial charge in [-0.15, -0.1) is 6.58 Å². The average molecular weight is 240 g/mol. The lowest BCUT2D eigenvalue weighted by molar-refractivity contribution is -0.121. The minimum Gasteiger partial charge on any atom is -0.303 e. The van der Waals surface area contributed by atoms with Gasteiger partial charge in [-0.05, 0) is 48.6 Å². The third-order valence-electron chi connectivity index (χ3n) is 5.03. The Labute approximate surface area is 109 Å². The second-order valence-corrected chi connectivity index (χ2v) is 5.85. The molecule has 94 valence electrons. The van der Waals surface area contributed by atoms with Crippen LogP contribution in [0.2, 0.25) is 0 Å². The van der Waals surface area contributed by atoms with Gasteiger partial charge in [-0.3, -0.25) is 0 Å². The highest BCUT2D eigenvalue weighted by atomic mass is 16.1. The number of rotatable bonds is 3. The van der Waals surface area contributed by atoms with Gasteiger partial charge in [-0.2, -0.15) is 0 Å². The molecule has 0 aliphatic heterocycles. The second kappa shape index (κ2) is 4.38. The van der Waals surface area contributed by atoms with Gasteiger partial charge in [0.15, 0.2) is 0 Å².